The Bertz CT molecular complexity index is 916. The molecular formula is C21H25N3O3. The number of nitrogens with zero attached hydrogens (tertiary/aromatic N) is 3. The van der Waals surface area contributed by atoms with E-state index in [4.69, 9.17) is 5.10 Å². The first-order valence-electron chi connectivity index (χ1n) is 9.69. The molecule has 1 N–H and O–H groups in total. The van der Waals surface area contributed by atoms with Crippen LogP contribution < -0.4 is 0 Å². The maximum atomic E-state index is 13.2. The van der Waals surface area contributed by atoms with Crippen LogP contribution in [0.25, 0.3) is 5.69 Å². The molecule has 142 valence electrons. The van der Waals surface area contributed by atoms with Gasteiger partial charge in [0.05, 0.1) is 5.69 Å². The van der Waals surface area contributed by atoms with Crippen molar-refractivity contribution in [3.8, 4) is 5.69 Å². The number of carbonyl (C=O) groups excluding carboxylic acids is 1. The summed E-state index contributed by atoms with van der Waals surface area (Å²) in [6.07, 6.45) is 4.92. The number of likely N-dealkylation sites (tertiary alicyclic amines) is 1. The van der Waals surface area contributed by atoms with E-state index < -0.39 is 12.0 Å². The first-order chi connectivity index (χ1) is 13.0. The Morgan fingerprint density at radius 2 is 1.96 bits per heavy atom. The summed E-state index contributed by atoms with van der Waals surface area (Å²) in [7, 11) is 0. The van der Waals surface area contributed by atoms with Gasteiger partial charge in [0.2, 0.25) is 0 Å². The molecule has 1 aliphatic carbocycles. The van der Waals surface area contributed by atoms with Crippen LogP contribution >= 0.6 is 0 Å². The SMILES string of the molecule is Cc1ccc(-n2nc(C(=O)N3CCCCC3C(=O)O)c3c2CCC3)c(C)c1. The second kappa shape index (κ2) is 6.83. The zero-order valence-electron chi connectivity index (χ0n) is 15.9. The average Bonchev–Trinajstić information content (AvgIpc) is 3.24. The van der Waals surface area contributed by atoms with Gasteiger partial charge in [0, 0.05) is 17.8 Å². The summed E-state index contributed by atoms with van der Waals surface area (Å²) >= 11 is 0. The molecule has 1 aliphatic heterocycles. The number of fused-ring (bicyclic) bond motifs is 1. The van der Waals surface area contributed by atoms with Crippen LogP contribution in [0.1, 0.15) is 58.6 Å². The highest BCUT2D eigenvalue weighted by atomic mass is 16.4. The Labute approximate surface area is 158 Å². The predicted molar refractivity (Wildman–Crippen MR) is 101 cm³/mol. The molecular weight excluding hydrogens is 342 g/mol. The fourth-order valence-electron chi connectivity index (χ4n) is 4.42. The summed E-state index contributed by atoms with van der Waals surface area (Å²) in [4.78, 5) is 26.4. The van der Waals surface area contributed by atoms with Gasteiger partial charge < -0.3 is 10.0 Å². The van der Waals surface area contributed by atoms with Crippen molar-refractivity contribution in [2.24, 2.45) is 0 Å². The van der Waals surface area contributed by atoms with E-state index in [1.54, 1.807) is 0 Å². The highest BCUT2D eigenvalue weighted by Gasteiger charge is 2.36. The summed E-state index contributed by atoms with van der Waals surface area (Å²) in [6.45, 7) is 4.60. The van der Waals surface area contributed by atoms with Crippen molar-refractivity contribution < 1.29 is 14.7 Å². The van der Waals surface area contributed by atoms with Crippen LogP contribution in [0.5, 0.6) is 0 Å². The topological polar surface area (TPSA) is 75.4 Å². The normalized spacial score (nSPS) is 19.2. The quantitative estimate of drug-likeness (QED) is 0.905. The number of carboxylic acid groups (broad SMARTS) is 1. The van der Waals surface area contributed by atoms with Crippen molar-refractivity contribution in [2.75, 3.05) is 6.54 Å². The number of benzene rings is 1. The zero-order chi connectivity index (χ0) is 19.1. The number of amides is 1. The fraction of sp³-hybridized carbons (Fsp3) is 0.476. The van der Waals surface area contributed by atoms with Gasteiger partial charge in [0.25, 0.3) is 5.91 Å². The Balaban J connectivity index is 1.76. The van der Waals surface area contributed by atoms with Crippen LogP contribution in [0.4, 0.5) is 0 Å². The molecule has 2 heterocycles. The molecule has 6 heteroatoms. The largest absolute Gasteiger partial charge is 0.480 e. The molecule has 1 amide bonds. The Morgan fingerprint density at radius 1 is 1.15 bits per heavy atom. The first kappa shape index (κ1) is 17.8. The van der Waals surface area contributed by atoms with Gasteiger partial charge in [-0.05, 0) is 64.0 Å². The molecule has 0 bridgehead atoms. The number of aromatic nitrogens is 2. The monoisotopic (exact) mass is 367 g/mol. The van der Waals surface area contributed by atoms with Crippen LogP contribution in [-0.4, -0.2) is 44.3 Å². The smallest absolute Gasteiger partial charge is 0.326 e. The number of carboxylic acids is 1. The van der Waals surface area contributed by atoms with Gasteiger partial charge in [0.15, 0.2) is 5.69 Å². The maximum absolute atomic E-state index is 13.2. The van der Waals surface area contributed by atoms with Crippen molar-refractivity contribution in [1.82, 2.24) is 14.7 Å². The van der Waals surface area contributed by atoms with Crippen molar-refractivity contribution in [1.29, 1.82) is 0 Å². The standard InChI is InChI=1S/C21H25N3O3/c1-13-9-10-16(14(2)12-13)24-17-8-5-6-15(17)19(22-24)20(25)23-11-4-3-7-18(23)21(26)27/h9-10,12,18H,3-8,11H2,1-2H3,(H,26,27). The van der Waals surface area contributed by atoms with E-state index in [0.29, 0.717) is 18.7 Å². The molecule has 1 saturated heterocycles. The number of aliphatic carboxylic acids is 1. The number of aryl methyl sites for hydroxylation is 2. The Kier molecular flexibility index (Phi) is 4.50. The summed E-state index contributed by atoms with van der Waals surface area (Å²) in [5.74, 6) is -1.16. The first-order valence-corrected chi connectivity index (χ1v) is 9.69. The van der Waals surface area contributed by atoms with Crippen molar-refractivity contribution >= 4 is 11.9 Å². The van der Waals surface area contributed by atoms with Crippen LogP contribution in [0, 0.1) is 13.8 Å². The lowest BCUT2D eigenvalue weighted by atomic mass is 10.0. The van der Waals surface area contributed by atoms with Crippen LogP contribution in [0.15, 0.2) is 18.2 Å². The molecule has 4 rings (SSSR count). The lowest BCUT2D eigenvalue weighted by molar-refractivity contribution is -0.143. The molecule has 27 heavy (non-hydrogen) atoms. The van der Waals surface area contributed by atoms with Crippen LogP contribution in [0.3, 0.4) is 0 Å². The number of rotatable bonds is 3. The average molecular weight is 367 g/mol. The molecule has 0 spiro atoms. The number of hydrogen-bond donors (Lipinski definition) is 1. The molecule has 1 unspecified atom stereocenters. The maximum Gasteiger partial charge on any atom is 0.326 e. The van der Waals surface area contributed by atoms with E-state index in [-0.39, 0.29) is 5.91 Å². The Hall–Kier alpha value is -2.63. The predicted octanol–water partition coefficient (Wildman–Crippen LogP) is 3.06. The van der Waals surface area contributed by atoms with Gasteiger partial charge >= 0.3 is 5.97 Å². The fourth-order valence-corrected chi connectivity index (χ4v) is 4.42. The lowest BCUT2D eigenvalue weighted by Gasteiger charge is -2.32. The zero-order valence-corrected chi connectivity index (χ0v) is 15.9. The molecule has 6 nitrogen and oxygen atoms in total. The molecule has 1 aromatic carbocycles. The minimum atomic E-state index is -0.923. The van der Waals surface area contributed by atoms with Crippen LogP contribution in [0.2, 0.25) is 0 Å². The van der Waals surface area contributed by atoms with Gasteiger partial charge in [0.1, 0.15) is 6.04 Å². The van der Waals surface area contributed by atoms with Gasteiger partial charge in [-0.1, -0.05) is 17.7 Å². The molecule has 1 fully saturated rings. The van der Waals surface area contributed by atoms with E-state index >= 15 is 0 Å². The lowest BCUT2D eigenvalue weighted by Crippen LogP contribution is -2.48. The summed E-state index contributed by atoms with van der Waals surface area (Å²) in [6, 6.07) is 5.48. The third-order valence-corrected chi connectivity index (χ3v) is 5.76. The van der Waals surface area contributed by atoms with Gasteiger partial charge in [-0.25, -0.2) is 9.48 Å². The minimum Gasteiger partial charge on any atom is -0.480 e. The van der Waals surface area contributed by atoms with E-state index in [9.17, 15) is 14.7 Å². The molecule has 0 radical (unpaired) electrons. The van der Waals surface area contributed by atoms with E-state index in [0.717, 1.165) is 54.6 Å². The Morgan fingerprint density at radius 3 is 2.70 bits per heavy atom. The third-order valence-electron chi connectivity index (χ3n) is 5.76. The minimum absolute atomic E-state index is 0.233. The molecule has 1 atom stereocenters. The van der Waals surface area contributed by atoms with Gasteiger partial charge in [-0.3, -0.25) is 4.79 Å². The summed E-state index contributed by atoms with van der Waals surface area (Å²) in [5, 5.41) is 14.2. The molecule has 2 aromatic rings. The number of hydrogen-bond acceptors (Lipinski definition) is 3. The highest BCUT2D eigenvalue weighted by Crippen LogP contribution is 2.31. The van der Waals surface area contributed by atoms with Gasteiger partial charge in [-0.2, -0.15) is 5.10 Å². The van der Waals surface area contributed by atoms with E-state index in [2.05, 4.69) is 26.0 Å². The molecule has 0 saturated carbocycles. The van der Waals surface area contributed by atoms with Crippen molar-refractivity contribution in [2.45, 2.75) is 58.4 Å². The number of carbonyl (C=O) groups is 2. The highest BCUT2D eigenvalue weighted by molar-refractivity contribution is 5.96. The van der Waals surface area contributed by atoms with E-state index in [1.165, 1.54) is 10.5 Å². The molecule has 2 aliphatic rings. The van der Waals surface area contributed by atoms with Crippen molar-refractivity contribution in [3.63, 3.8) is 0 Å². The summed E-state index contributed by atoms with van der Waals surface area (Å²) in [5.41, 5.74) is 5.83. The second-order valence-electron chi connectivity index (χ2n) is 7.68. The summed E-state index contributed by atoms with van der Waals surface area (Å²) < 4.78 is 1.91. The molecule has 1 aromatic heterocycles. The second-order valence-corrected chi connectivity index (χ2v) is 7.68. The third kappa shape index (κ3) is 3.03. The van der Waals surface area contributed by atoms with Gasteiger partial charge in [-0.15, -0.1) is 0 Å². The van der Waals surface area contributed by atoms with E-state index in [1.807, 2.05) is 10.7 Å². The number of piperidine rings is 1. The van der Waals surface area contributed by atoms with Crippen LogP contribution in [-0.2, 0) is 17.6 Å². The van der Waals surface area contributed by atoms with Crippen molar-refractivity contribution in [3.05, 3.63) is 46.3 Å².